The van der Waals surface area contributed by atoms with Crippen LogP contribution in [0.25, 0.3) is 0 Å². The quantitative estimate of drug-likeness (QED) is 0.922. The molecule has 0 spiro atoms. The Morgan fingerprint density at radius 1 is 1.40 bits per heavy atom. The molecule has 1 N–H and O–H groups in total. The zero-order valence-corrected chi connectivity index (χ0v) is 12.4. The summed E-state index contributed by atoms with van der Waals surface area (Å²) in [5, 5.41) is 13.8. The molecule has 6 heteroatoms. The van der Waals surface area contributed by atoms with Crippen LogP contribution in [0.2, 0.25) is 5.02 Å². The molecule has 0 aliphatic heterocycles. The molecule has 1 atom stereocenters. The van der Waals surface area contributed by atoms with Crippen LogP contribution in [0.1, 0.15) is 38.8 Å². The topological polar surface area (TPSA) is 78.5 Å². The van der Waals surface area contributed by atoms with E-state index in [1.807, 2.05) is 0 Å². The van der Waals surface area contributed by atoms with Crippen molar-refractivity contribution < 1.29 is 19.4 Å². The molecular weight excluding hydrogens is 282 g/mol. The molecular formula is C14H17ClNO4-. The first-order valence-corrected chi connectivity index (χ1v) is 6.50. The lowest BCUT2D eigenvalue weighted by Gasteiger charge is -2.24. The normalized spacial score (nSPS) is 12.6. The van der Waals surface area contributed by atoms with Gasteiger partial charge in [-0.15, -0.1) is 0 Å². The van der Waals surface area contributed by atoms with Gasteiger partial charge in [0.05, 0.1) is 6.04 Å². The summed E-state index contributed by atoms with van der Waals surface area (Å²) in [7, 11) is 0. The predicted molar refractivity (Wildman–Crippen MR) is 73.2 cm³/mol. The maximum Gasteiger partial charge on any atom is 0.408 e. The Bertz CT molecular complexity index is 496. The standard InChI is InChI=1S/C14H18ClNO4/c1-14(2,3)20-13(19)16-11(8-12(17)18)9-5-4-6-10(15)7-9/h4-7,11H,8H2,1-3H3,(H,16,19)(H,17,18)/p-1/t11-/m0/s1. The van der Waals surface area contributed by atoms with Crippen LogP contribution in [0.5, 0.6) is 0 Å². The largest absolute Gasteiger partial charge is 0.550 e. The number of aliphatic carboxylic acids is 1. The summed E-state index contributed by atoms with van der Waals surface area (Å²) in [6.07, 6.45) is -1.05. The number of halogens is 1. The monoisotopic (exact) mass is 298 g/mol. The first kappa shape index (κ1) is 16.3. The molecule has 0 unspecified atom stereocenters. The lowest BCUT2D eigenvalue weighted by molar-refractivity contribution is -0.306. The molecule has 0 bridgehead atoms. The molecule has 0 fully saturated rings. The van der Waals surface area contributed by atoms with Crippen molar-refractivity contribution >= 4 is 23.7 Å². The van der Waals surface area contributed by atoms with Gasteiger partial charge in [0.25, 0.3) is 0 Å². The first-order chi connectivity index (χ1) is 9.17. The first-order valence-electron chi connectivity index (χ1n) is 6.12. The molecule has 1 aromatic rings. The second-order valence-electron chi connectivity index (χ2n) is 5.33. The molecule has 1 aromatic carbocycles. The summed E-state index contributed by atoms with van der Waals surface area (Å²) in [5.41, 5.74) is -0.0858. The second-order valence-corrected chi connectivity index (χ2v) is 5.77. The van der Waals surface area contributed by atoms with E-state index in [0.717, 1.165) is 0 Å². The number of benzene rings is 1. The maximum atomic E-state index is 11.7. The molecule has 110 valence electrons. The average Bonchev–Trinajstić information content (AvgIpc) is 2.24. The van der Waals surface area contributed by atoms with Crippen molar-refractivity contribution in [3.8, 4) is 0 Å². The number of carboxylic acid groups (broad SMARTS) is 1. The van der Waals surface area contributed by atoms with Gasteiger partial charge < -0.3 is 20.0 Å². The van der Waals surface area contributed by atoms with Crippen molar-refractivity contribution in [2.24, 2.45) is 0 Å². The predicted octanol–water partition coefficient (Wildman–Crippen LogP) is 2.05. The van der Waals surface area contributed by atoms with E-state index in [0.29, 0.717) is 10.6 Å². The van der Waals surface area contributed by atoms with Crippen LogP contribution in [-0.2, 0) is 9.53 Å². The highest BCUT2D eigenvalue weighted by atomic mass is 35.5. The number of hydrogen-bond donors (Lipinski definition) is 1. The fourth-order valence-corrected chi connectivity index (χ4v) is 1.79. The van der Waals surface area contributed by atoms with E-state index >= 15 is 0 Å². The Balaban J connectivity index is 2.85. The van der Waals surface area contributed by atoms with Gasteiger partial charge in [0.1, 0.15) is 5.60 Å². The molecule has 0 heterocycles. The van der Waals surface area contributed by atoms with Crippen LogP contribution >= 0.6 is 11.6 Å². The zero-order chi connectivity index (χ0) is 15.3. The average molecular weight is 299 g/mol. The van der Waals surface area contributed by atoms with E-state index in [1.165, 1.54) is 0 Å². The van der Waals surface area contributed by atoms with E-state index in [2.05, 4.69) is 5.32 Å². The van der Waals surface area contributed by atoms with Crippen molar-refractivity contribution in [1.29, 1.82) is 0 Å². The molecule has 0 aliphatic carbocycles. The van der Waals surface area contributed by atoms with Gasteiger partial charge in [0.15, 0.2) is 0 Å². The van der Waals surface area contributed by atoms with Crippen LogP contribution in [0, 0.1) is 0 Å². The van der Waals surface area contributed by atoms with Crippen LogP contribution in [0.3, 0.4) is 0 Å². The SMILES string of the molecule is CC(C)(C)OC(=O)N[C@@H](CC(=O)[O-])c1cccc(Cl)c1. The lowest BCUT2D eigenvalue weighted by atomic mass is 10.0. The Kier molecular flexibility index (Phi) is 5.39. The minimum absolute atomic E-state index is 0.362. The fraction of sp³-hybridized carbons (Fsp3) is 0.429. The minimum atomic E-state index is -1.27. The molecule has 0 aliphatic rings. The van der Waals surface area contributed by atoms with E-state index in [4.69, 9.17) is 16.3 Å². The van der Waals surface area contributed by atoms with Crippen LogP contribution in [-0.4, -0.2) is 17.7 Å². The van der Waals surface area contributed by atoms with Crippen molar-refractivity contribution in [3.05, 3.63) is 34.9 Å². The van der Waals surface area contributed by atoms with Gasteiger partial charge in [-0.05, 0) is 38.5 Å². The molecule has 1 rings (SSSR count). The summed E-state index contributed by atoms with van der Waals surface area (Å²) >= 11 is 5.86. The number of carbonyl (C=O) groups is 2. The van der Waals surface area contributed by atoms with Crippen LogP contribution in [0.15, 0.2) is 24.3 Å². The third kappa shape index (κ3) is 5.93. The number of hydrogen-bond acceptors (Lipinski definition) is 4. The molecule has 0 saturated carbocycles. The number of rotatable bonds is 4. The summed E-state index contributed by atoms with van der Waals surface area (Å²) < 4.78 is 5.11. The molecule has 0 aromatic heterocycles. The van der Waals surface area contributed by atoms with E-state index < -0.39 is 23.7 Å². The number of ether oxygens (including phenoxy) is 1. The highest BCUT2D eigenvalue weighted by Crippen LogP contribution is 2.21. The van der Waals surface area contributed by atoms with Crippen molar-refractivity contribution in [1.82, 2.24) is 5.32 Å². The number of nitrogens with one attached hydrogen (secondary N) is 1. The molecule has 20 heavy (non-hydrogen) atoms. The number of carboxylic acids is 1. The van der Waals surface area contributed by atoms with E-state index in [1.54, 1.807) is 45.0 Å². The van der Waals surface area contributed by atoms with Crippen molar-refractivity contribution in [2.45, 2.75) is 38.8 Å². The Morgan fingerprint density at radius 2 is 2.05 bits per heavy atom. The van der Waals surface area contributed by atoms with Gasteiger partial charge >= 0.3 is 6.09 Å². The smallest absolute Gasteiger partial charge is 0.408 e. The fourth-order valence-electron chi connectivity index (χ4n) is 1.59. The number of alkyl carbamates (subject to hydrolysis) is 1. The zero-order valence-electron chi connectivity index (χ0n) is 11.6. The highest BCUT2D eigenvalue weighted by Gasteiger charge is 2.20. The molecule has 1 amide bonds. The highest BCUT2D eigenvalue weighted by molar-refractivity contribution is 6.30. The second kappa shape index (κ2) is 6.61. The Labute approximate surface area is 122 Å². The molecule has 5 nitrogen and oxygen atoms in total. The third-order valence-electron chi connectivity index (χ3n) is 2.31. The lowest BCUT2D eigenvalue weighted by Crippen LogP contribution is -2.37. The number of carbonyl (C=O) groups excluding carboxylic acids is 2. The van der Waals surface area contributed by atoms with Gasteiger partial charge in [0, 0.05) is 17.4 Å². The van der Waals surface area contributed by atoms with Gasteiger partial charge in [-0.2, -0.15) is 0 Å². The minimum Gasteiger partial charge on any atom is -0.550 e. The Morgan fingerprint density at radius 3 is 2.55 bits per heavy atom. The van der Waals surface area contributed by atoms with Crippen LogP contribution < -0.4 is 10.4 Å². The van der Waals surface area contributed by atoms with Gasteiger partial charge in [0.2, 0.25) is 0 Å². The molecule has 0 saturated heterocycles. The summed E-state index contributed by atoms with van der Waals surface area (Å²) in [6, 6.07) is 5.85. The molecule has 0 radical (unpaired) electrons. The van der Waals surface area contributed by atoms with E-state index in [-0.39, 0.29) is 6.42 Å². The third-order valence-corrected chi connectivity index (χ3v) is 2.55. The summed E-state index contributed by atoms with van der Waals surface area (Å²) in [4.78, 5) is 22.5. The van der Waals surface area contributed by atoms with Gasteiger partial charge in [-0.3, -0.25) is 0 Å². The maximum absolute atomic E-state index is 11.7. The Hall–Kier alpha value is -1.75. The van der Waals surface area contributed by atoms with Gasteiger partial charge in [-0.25, -0.2) is 4.79 Å². The summed E-state index contributed by atoms with van der Waals surface area (Å²) in [5.74, 6) is -1.27. The van der Waals surface area contributed by atoms with Crippen molar-refractivity contribution in [3.63, 3.8) is 0 Å². The van der Waals surface area contributed by atoms with Gasteiger partial charge in [-0.1, -0.05) is 23.7 Å². The van der Waals surface area contributed by atoms with Crippen molar-refractivity contribution in [2.75, 3.05) is 0 Å². The van der Waals surface area contributed by atoms with Crippen LogP contribution in [0.4, 0.5) is 4.79 Å². The van der Waals surface area contributed by atoms with E-state index in [9.17, 15) is 14.7 Å². The number of amides is 1. The summed E-state index contributed by atoms with van der Waals surface area (Å²) in [6.45, 7) is 5.17.